The van der Waals surface area contributed by atoms with Crippen LogP contribution in [0.5, 0.6) is 0 Å². The molecule has 0 fully saturated rings. The van der Waals surface area contributed by atoms with Gasteiger partial charge < -0.3 is 9.73 Å². The van der Waals surface area contributed by atoms with Crippen LogP contribution < -0.4 is 5.32 Å². The molecule has 1 N–H and O–H groups in total. The highest BCUT2D eigenvalue weighted by molar-refractivity contribution is 6.02. The van der Waals surface area contributed by atoms with Gasteiger partial charge in [0.2, 0.25) is 0 Å². The second-order valence-corrected chi connectivity index (χ2v) is 6.28. The quantitative estimate of drug-likeness (QED) is 0.571. The number of nitrogens with zero attached hydrogens (tertiary/aromatic N) is 4. The Kier molecular flexibility index (Phi) is 4.57. The van der Waals surface area contributed by atoms with Gasteiger partial charge in [0, 0.05) is 18.6 Å². The van der Waals surface area contributed by atoms with E-state index in [0.717, 1.165) is 0 Å². The second kappa shape index (κ2) is 7.33. The number of anilines is 1. The summed E-state index contributed by atoms with van der Waals surface area (Å²) in [5.41, 5.74) is 3.02. The lowest BCUT2D eigenvalue weighted by Crippen LogP contribution is -2.10. The lowest BCUT2D eigenvalue weighted by molar-refractivity contribution is 0.0994. The SMILES string of the molecule is Cc1ccccc1Cn1cc(NC(=O)c2ccc(Cn3cccn3)o2)cn1. The number of hydrogen-bond donors (Lipinski definition) is 1. The number of amides is 1. The number of hydrogen-bond acceptors (Lipinski definition) is 4. The highest BCUT2D eigenvalue weighted by Gasteiger charge is 2.13. The van der Waals surface area contributed by atoms with Gasteiger partial charge in [-0.1, -0.05) is 24.3 Å². The lowest BCUT2D eigenvalue weighted by Gasteiger charge is -2.05. The van der Waals surface area contributed by atoms with E-state index in [1.807, 2.05) is 24.4 Å². The van der Waals surface area contributed by atoms with Gasteiger partial charge >= 0.3 is 0 Å². The van der Waals surface area contributed by atoms with Crippen LogP contribution in [0.15, 0.2) is 71.7 Å². The molecule has 0 unspecified atom stereocenters. The maximum absolute atomic E-state index is 12.4. The first-order chi connectivity index (χ1) is 13.2. The van der Waals surface area contributed by atoms with Crippen molar-refractivity contribution in [2.45, 2.75) is 20.0 Å². The van der Waals surface area contributed by atoms with E-state index in [2.05, 4.69) is 34.6 Å². The van der Waals surface area contributed by atoms with Crippen molar-refractivity contribution in [2.24, 2.45) is 0 Å². The number of aryl methyl sites for hydroxylation is 1. The van der Waals surface area contributed by atoms with Gasteiger partial charge in [-0.2, -0.15) is 10.2 Å². The van der Waals surface area contributed by atoms with Gasteiger partial charge in [-0.15, -0.1) is 0 Å². The zero-order chi connectivity index (χ0) is 18.6. The van der Waals surface area contributed by atoms with E-state index in [0.29, 0.717) is 24.5 Å². The molecule has 1 amide bonds. The Labute approximate surface area is 156 Å². The van der Waals surface area contributed by atoms with E-state index in [9.17, 15) is 4.79 Å². The van der Waals surface area contributed by atoms with E-state index >= 15 is 0 Å². The third kappa shape index (κ3) is 3.98. The topological polar surface area (TPSA) is 77.9 Å². The van der Waals surface area contributed by atoms with E-state index in [-0.39, 0.29) is 11.7 Å². The average Bonchev–Trinajstić information content (AvgIpc) is 3.40. The fourth-order valence-electron chi connectivity index (χ4n) is 2.81. The Balaban J connectivity index is 1.39. The van der Waals surface area contributed by atoms with Crippen LogP contribution in [0.4, 0.5) is 5.69 Å². The molecule has 0 saturated carbocycles. The van der Waals surface area contributed by atoms with Crippen LogP contribution in [0.25, 0.3) is 0 Å². The van der Waals surface area contributed by atoms with Crippen molar-refractivity contribution in [3.63, 3.8) is 0 Å². The van der Waals surface area contributed by atoms with E-state index < -0.39 is 0 Å². The Hall–Kier alpha value is -3.61. The Morgan fingerprint density at radius 1 is 1.07 bits per heavy atom. The molecular weight excluding hydrogens is 342 g/mol. The van der Waals surface area contributed by atoms with Crippen LogP contribution >= 0.6 is 0 Å². The Morgan fingerprint density at radius 2 is 1.96 bits per heavy atom. The molecule has 0 bridgehead atoms. The van der Waals surface area contributed by atoms with Gasteiger partial charge in [-0.05, 0) is 36.2 Å². The first-order valence-electron chi connectivity index (χ1n) is 8.62. The number of furan rings is 1. The van der Waals surface area contributed by atoms with Crippen molar-refractivity contribution in [1.29, 1.82) is 0 Å². The van der Waals surface area contributed by atoms with Crippen LogP contribution in [0, 0.1) is 6.92 Å². The molecular formula is C20H19N5O2. The minimum absolute atomic E-state index is 0.254. The number of rotatable bonds is 6. The van der Waals surface area contributed by atoms with Gasteiger partial charge in [0.1, 0.15) is 5.76 Å². The molecule has 0 aliphatic rings. The number of aromatic nitrogens is 4. The zero-order valence-corrected chi connectivity index (χ0v) is 14.9. The summed E-state index contributed by atoms with van der Waals surface area (Å²) in [7, 11) is 0. The molecule has 0 saturated heterocycles. The summed E-state index contributed by atoms with van der Waals surface area (Å²) in [5.74, 6) is 0.611. The number of carbonyl (C=O) groups is 1. The number of nitrogens with one attached hydrogen (secondary N) is 1. The average molecular weight is 361 g/mol. The van der Waals surface area contributed by atoms with Crippen molar-refractivity contribution < 1.29 is 9.21 Å². The minimum Gasteiger partial charge on any atom is -0.454 e. The number of benzene rings is 1. The summed E-state index contributed by atoms with van der Waals surface area (Å²) in [6.07, 6.45) is 6.97. The van der Waals surface area contributed by atoms with Crippen molar-refractivity contribution in [1.82, 2.24) is 19.6 Å². The van der Waals surface area contributed by atoms with Crippen LogP contribution in [-0.4, -0.2) is 25.5 Å². The highest BCUT2D eigenvalue weighted by atomic mass is 16.4. The molecule has 3 aromatic heterocycles. The fourth-order valence-corrected chi connectivity index (χ4v) is 2.81. The fraction of sp³-hybridized carbons (Fsp3) is 0.150. The normalized spacial score (nSPS) is 10.9. The zero-order valence-electron chi connectivity index (χ0n) is 14.9. The Morgan fingerprint density at radius 3 is 2.78 bits per heavy atom. The molecule has 27 heavy (non-hydrogen) atoms. The van der Waals surface area contributed by atoms with Crippen molar-refractivity contribution in [2.75, 3.05) is 5.32 Å². The molecule has 0 spiro atoms. The monoisotopic (exact) mass is 361 g/mol. The third-order valence-electron chi connectivity index (χ3n) is 4.25. The molecule has 0 aliphatic carbocycles. The first-order valence-corrected chi connectivity index (χ1v) is 8.62. The van der Waals surface area contributed by atoms with Crippen molar-refractivity contribution in [3.05, 3.63) is 89.9 Å². The molecule has 7 nitrogen and oxygen atoms in total. The lowest BCUT2D eigenvalue weighted by atomic mass is 10.1. The van der Waals surface area contributed by atoms with Gasteiger partial charge in [-0.25, -0.2) is 0 Å². The second-order valence-electron chi connectivity index (χ2n) is 6.28. The summed E-state index contributed by atoms with van der Waals surface area (Å²) in [6, 6.07) is 13.4. The summed E-state index contributed by atoms with van der Waals surface area (Å²) in [6.45, 7) is 3.20. The number of carbonyl (C=O) groups excluding carboxylic acids is 1. The van der Waals surface area contributed by atoms with Crippen LogP contribution in [0.2, 0.25) is 0 Å². The summed E-state index contributed by atoms with van der Waals surface area (Å²) in [4.78, 5) is 12.4. The van der Waals surface area contributed by atoms with Crippen LogP contribution in [0.1, 0.15) is 27.4 Å². The van der Waals surface area contributed by atoms with E-state index in [1.165, 1.54) is 11.1 Å². The molecule has 4 rings (SSSR count). The summed E-state index contributed by atoms with van der Waals surface area (Å²) in [5, 5.41) is 11.2. The van der Waals surface area contributed by atoms with E-state index in [1.54, 1.807) is 40.1 Å². The minimum atomic E-state index is -0.308. The van der Waals surface area contributed by atoms with Crippen LogP contribution in [-0.2, 0) is 13.1 Å². The molecule has 4 aromatic rings. The van der Waals surface area contributed by atoms with E-state index in [4.69, 9.17) is 4.42 Å². The van der Waals surface area contributed by atoms with Gasteiger partial charge in [0.05, 0.1) is 25.0 Å². The highest BCUT2D eigenvalue weighted by Crippen LogP contribution is 2.14. The molecule has 136 valence electrons. The molecule has 0 aliphatic heterocycles. The van der Waals surface area contributed by atoms with Crippen LogP contribution in [0.3, 0.4) is 0 Å². The summed E-state index contributed by atoms with van der Waals surface area (Å²) < 4.78 is 9.14. The predicted octanol–water partition coefficient (Wildman–Crippen LogP) is 3.33. The third-order valence-corrected chi connectivity index (χ3v) is 4.25. The van der Waals surface area contributed by atoms with Gasteiger partial charge in [0.25, 0.3) is 5.91 Å². The first kappa shape index (κ1) is 16.8. The Bertz CT molecular complexity index is 1050. The maximum Gasteiger partial charge on any atom is 0.291 e. The smallest absolute Gasteiger partial charge is 0.291 e. The van der Waals surface area contributed by atoms with Gasteiger partial charge in [0.15, 0.2) is 5.76 Å². The largest absolute Gasteiger partial charge is 0.454 e. The molecule has 3 heterocycles. The standard InChI is InChI=1S/C20H19N5O2/c1-15-5-2-3-6-16(15)12-25-13-17(11-22-25)23-20(26)19-8-7-18(27-19)14-24-10-4-9-21-24/h2-11,13H,12,14H2,1H3,(H,23,26). The predicted molar refractivity (Wildman–Crippen MR) is 100 cm³/mol. The molecule has 7 heteroatoms. The van der Waals surface area contributed by atoms with Crippen molar-refractivity contribution in [3.8, 4) is 0 Å². The summed E-state index contributed by atoms with van der Waals surface area (Å²) >= 11 is 0. The molecule has 0 atom stereocenters. The van der Waals surface area contributed by atoms with Crippen molar-refractivity contribution >= 4 is 11.6 Å². The molecule has 1 aromatic carbocycles. The van der Waals surface area contributed by atoms with Gasteiger partial charge in [-0.3, -0.25) is 14.2 Å². The molecule has 0 radical (unpaired) electrons. The maximum atomic E-state index is 12.4.